The predicted molar refractivity (Wildman–Crippen MR) is 93.1 cm³/mol. The maximum Gasteiger partial charge on any atom is 0.126 e. The van der Waals surface area contributed by atoms with Gasteiger partial charge in [-0.15, -0.1) is 0 Å². The molecule has 0 aliphatic carbocycles. The second kappa shape index (κ2) is 7.51. The van der Waals surface area contributed by atoms with Crippen LogP contribution in [-0.4, -0.2) is 35.7 Å². The Labute approximate surface area is 138 Å². The van der Waals surface area contributed by atoms with E-state index in [9.17, 15) is 5.11 Å². The number of aromatic hydroxyl groups is 1. The van der Waals surface area contributed by atoms with Crippen molar-refractivity contribution in [2.45, 2.75) is 32.2 Å². The van der Waals surface area contributed by atoms with Gasteiger partial charge < -0.3 is 9.84 Å². The molecule has 0 bridgehead atoms. The van der Waals surface area contributed by atoms with E-state index in [1.165, 1.54) is 5.56 Å². The number of nitrogens with zero attached hydrogens (tertiary/aromatic N) is 1. The van der Waals surface area contributed by atoms with Crippen molar-refractivity contribution < 1.29 is 9.84 Å². The fraction of sp³-hybridized carbons (Fsp3) is 0.400. The summed E-state index contributed by atoms with van der Waals surface area (Å²) in [5.41, 5.74) is 2.32. The van der Waals surface area contributed by atoms with Gasteiger partial charge in [-0.05, 0) is 43.5 Å². The molecule has 0 aromatic heterocycles. The van der Waals surface area contributed by atoms with Crippen molar-refractivity contribution in [2.24, 2.45) is 0 Å². The Bertz CT molecular complexity index is 627. The molecule has 23 heavy (non-hydrogen) atoms. The van der Waals surface area contributed by atoms with E-state index in [1.807, 2.05) is 12.1 Å². The summed E-state index contributed by atoms with van der Waals surface area (Å²) in [6, 6.07) is 16.5. The van der Waals surface area contributed by atoms with Gasteiger partial charge in [0.2, 0.25) is 0 Å². The van der Waals surface area contributed by atoms with E-state index in [4.69, 9.17) is 4.74 Å². The van der Waals surface area contributed by atoms with Crippen LogP contribution in [0.15, 0.2) is 48.5 Å². The number of phenols is 1. The highest BCUT2D eigenvalue weighted by molar-refractivity contribution is 5.45. The fourth-order valence-corrected chi connectivity index (χ4v) is 3.29. The van der Waals surface area contributed by atoms with E-state index in [-0.39, 0.29) is 0 Å². The van der Waals surface area contributed by atoms with Gasteiger partial charge in [0.25, 0.3) is 0 Å². The lowest BCUT2D eigenvalue weighted by Crippen LogP contribution is -2.44. The molecule has 2 aromatic rings. The lowest BCUT2D eigenvalue weighted by molar-refractivity contribution is 0.119. The van der Waals surface area contributed by atoms with Gasteiger partial charge in [0.05, 0.1) is 0 Å². The minimum Gasteiger partial charge on any atom is -0.508 e. The van der Waals surface area contributed by atoms with E-state index in [0.717, 1.165) is 43.7 Å². The van der Waals surface area contributed by atoms with Crippen LogP contribution in [0.4, 0.5) is 0 Å². The zero-order valence-corrected chi connectivity index (χ0v) is 13.7. The Balaban J connectivity index is 1.68. The zero-order chi connectivity index (χ0) is 16.1. The first-order chi connectivity index (χ1) is 11.3. The highest BCUT2D eigenvalue weighted by Crippen LogP contribution is 2.33. The minimum atomic E-state index is 0.333. The van der Waals surface area contributed by atoms with Gasteiger partial charge in [-0.3, -0.25) is 4.90 Å². The number of phenolic OH excluding ortho intramolecular Hbond substituents is 1. The van der Waals surface area contributed by atoms with Crippen LogP contribution >= 0.6 is 0 Å². The lowest BCUT2D eigenvalue weighted by Gasteiger charge is -2.35. The molecular weight excluding hydrogens is 286 g/mol. The van der Waals surface area contributed by atoms with Crippen molar-refractivity contribution in [1.29, 1.82) is 0 Å². The molecule has 1 N–H and O–H groups in total. The Kier molecular flexibility index (Phi) is 5.19. The van der Waals surface area contributed by atoms with Crippen molar-refractivity contribution in [3.05, 3.63) is 59.7 Å². The first kappa shape index (κ1) is 15.9. The topological polar surface area (TPSA) is 32.7 Å². The molecule has 0 fully saturated rings. The zero-order valence-electron chi connectivity index (χ0n) is 13.7. The van der Waals surface area contributed by atoms with E-state index >= 15 is 0 Å². The molecule has 0 amide bonds. The molecule has 1 aliphatic rings. The largest absolute Gasteiger partial charge is 0.508 e. The normalized spacial score (nSPS) is 16.9. The number of ether oxygens (including phenoxy) is 1. The molecular formula is C20H25NO2. The number of fused-ring (bicyclic) bond motifs is 1. The summed E-state index contributed by atoms with van der Waals surface area (Å²) < 4.78 is 5.89. The Morgan fingerprint density at radius 2 is 1.91 bits per heavy atom. The van der Waals surface area contributed by atoms with Crippen molar-refractivity contribution in [3.8, 4) is 11.5 Å². The lowest BCUT2D eigenvalue weighted by atomic mass is 9.99. The van der Waals surface area contributed by atoms with Gasteiger partial charge in [0.15, 0.2) is 0 Å². The van der Waals surface area contributed by atoms with Crippen LogP contribution < -0.4 is 4.74 Å². The minimum absolute atomic E-state index is 0.333. The van der Waals surface area contributed by atoms with Gasteiger partial charge in [-0.2, -0.15) is 0 Å². The predicted octanol–water partition coefficient (Wildman–Crippen LogP) is 3.65. The first-order valence-corrected chi connectivity index (χ1v) is 8.49. The molecule has 3 nitrogen and oxygen atoms in total. The molecule has 122 valence electrons. The van der Waals surface area contributed by atoms with Crippen molar-refractivity contribution in [3.63, 3.8) is 0 Å². The first-order valence-electron chi connectivity index (χ1n) is 8.49. The van der Waals surface area contributed by atoms with Gasteiger partial charge >= 0.3 is 0 Å². The van der Waals surface area contributed by atoms with Crippen LogP contribution in [0, 0.1) is 0 Å². The van der Waals surface area contributed by atoms with Crippen LogP contribution in [0.1, 0.15) is 24.5 Å². The Hall–Kier alpha value is -2.00. The molecule has 1 unspecified atom stereocenters. The molecule has 2 aromatic carbocycles. The van der Waals surface area contributed by atoms with Gasteiger partial charge in [0.1, 0.15) is 18.1 Å². The molecule has 1 aliphatic heterocycles. The average Bonchev–Trinajstić information content (AvgIpc) is 2.60. The Morgan fingerprint density at radius 3 is 2.70 bits per heavy atom. The van der Waals surface area contributed by atoms with E-state index in [2.05, 4.69) is 42.2 Å². The third-order valence-electron chi connectivity index (χ3n) is 4.54. The second-order valence-electron chi connectivity index (χ2n) is 6.19. The molecule has 0 radical (unpaired) electrons. The third-order valence-corrected chi connectivity index (χ3v) is 4.54. The van der Waals surface area contributed by atoms with Crippen molar-refractivity contribution in [1.82, 2.24) is 4.90 Å². The van der Waals surface area contributed by atoms with E-state index in [0.29, 0.717) is 18.4 Å². The molecule has 1 heterocycles. The Morgan fingerprint density at radius 1 is 1.09 bits per heavy atom. The molecule has 0 saturated carbocycles. The molecule has 3 heteroatoms. The smallest absolute Gasteiger partial charge is 0.126 e. The van der Waals surface area contributed by atoms with Crippen molar-refractivity contribution >= 4 is 0 Å². The third kappa shape index (κ3) is 3.85. The summed E-state index contributed by atoms with van der Waals surface area (Å²) in [6.07, 6.45) is 3.03. The number of benzene rings is 2. The summed E-state index contributed by atoms with van der Waals surface area (Å²) in [4.78, 5) is 2.50. The number of rotatable bonds is 6. The highest BCUT2D eigenvalue weighted by atomic mass is 16.5. The van der Waals surface area contributed by atoms with Crippen LogP contribution in [0.25, 0.3) is 0 Å². The fourth-order valence-electron chi connectivity index (χ4n) is 3.29. The summed E-state index contributed by atoms with van der Waals surface area (Å²) in [5, 5.41) is 10.1. The number of hydrogen-bond acceptors (Lipinski definition) is 3. The van der Waals surface area contributed by atoms with Crippen molar-refractivity contribution in [2.75, 3.05) is 19.7 Å². The maximum atomic E-state index is 10.1. The van der Waals surface area contributed by atoms with Crippen LogP contribution in [0.3, 0.4) is 0 Å². The SMILES string of the molecule is CCCN(CCc1ccccc1)C1COc2cccc(O)c2C1. The van der Waals surface area contributed by atoms with Crippen LogP contribution in [0.5, 0.6) is 11.5 Å². The molecule has 0 spiro atoms. The highest BCUT2D eigenvalue weighted by Gasteiger charge is 2.26. The average molecular weight is 311 g/mol. The molecule has 1 atom stereocenters. The quantitative estimate of drug-likeness (QED) is 0.884. The molecule has 3 rings (SSSR count). The monoisotopic (exact) mass is 311 g/mol. The van der Waals surface area contributed by atoms with Gasteiger partial charge in [-0.25, -0.2) is 0 Å². The number of hydrogen-bond donors (Lipinski definition) is 1. The van der Waals surface area contributed by atoms with Gasteiger partial charge in [-0.1, -0.05) is 43.3 Å². The summed E-state index contributed by atoms with van der Waals surface area (Å²) in [6.45, 7) is 4.99. The van der Waals surface area contributed by atoms with E-state index < -0.39 is 0 Å². The standard InChI is InChI=1S/C20H25NO2/c1-2-12-21(13-11-16-7-4-3-5-8-16)17-14-18-19(22)9-6-10-20(18)23-15-17/h3-10,17,22H,2,11-15H2,1H3. The summed E-state index contributed by atoms with van der Waals surface area (Å²) >= 11 is 0. The van der Waals surface area contributed by atoms with Gasteiger partial charge in [0, 0.05) is 18.2 Å². The maximum absolute atomic E-state index is 10.1. The summed E-state index contributed by atoms with van der Waals surface area (Å²) in [5.74, 6) is 1.19. The summed E-state index contributed by atoms with van der Waals surface area (Å²) in [7, 11) is 0. The van der Waals surface area contributed by atoms with Crippen LogP contribution in [-0.2, 0) is 12.8 Å². The van der Waals surface area contributed by atoms with Crippen LogP contribution in [0.2, 0.25) is 0 Å². The second-order valence-corrected chi connectivity index (χ2v) is 6.19. The molecule has 0 saturated heterocycles. The van der Waals surface area contributed by atoms with E-state index in [1.54, 1.807) is 6.07 Å².